The van der Waals surface area contributed by atoms with E-state index in [-0.39, 0.29) is 18.4 Å². The molecule has 2 N–H and O–H groups in total. The van der Waals surface area contributed by atoms with Gasteiger partial charge in [-0.25, -0.2) is 4.79 Å². The summed E-state index contributed by atoms with van der Waals surface area (Å²) in [6, 6.07) is 0. The van der Waals surface area contributed by atoms with E-state index in [1.54, 1.807) is 0 Å². The summed E-state index contributed by atoms with van der Waals surface area (Å²) in [5.74, 6) is 0.158. The van der Waals surface area contributed by atoms with Gasteiger partial charge in [0.05, 0.1) is 6.61 Å². The van der Waals surface area contributed by atoms with Gasteiger partial charge >= 0.3 is 5.97 Å². The van der Waals surface area contributed by atoms with E-state index in [1.807, 2.05) is 0 Å². The summed E-state index contributed by atoms with van der Waals surface area (Å²) in [5.41, 5.74) is -1.18. The molecular formula is C15H23NO4. The standard InChI is InChI=1S/C15H23NO4/c17-13(16-15(14(18)19)6-7-20-9-15)12-8-11(12)10-4-2-1-3-5-10/h10-12H,1-9H2,(H,16,17)(H,18,19). The molecule has 0 radical (unpaired) electrons. The molecule has 0 spiro atoms. The first kappa shape index (κ1) is 13.9. The van der Waals surface area contributed by atoms with Crippen molar-refractivity contribution in [1.82, 2.24) is 5.32 Å². The lowest BCUT2D eigenvalue weighted by Gasteiger charge is -2.25. The maximum absolute atomic E-state index is 12.3. The third-order valence-electron chi connectivity index (χ3n) is 5.23. The monoisotopic (exact) mass is 281 g/mol. The molecule has 2 aliphatic carbocycles. The Labute approximate surface area is 119 Å². The van der Waals surface area contributed by atoms with Crippen molar-refractivity contribution in [2.24, 2.45) is 17.8 Å². The third kappa shape index (κ3) is 2.55. The van der Waals surface area contributed by atoms with Gasteiger partial charge in [0.15, 0.2) is 5.54 Å². The fraction of sp³-hybridized carbons (Fsp3) is 0.867. The first-order valence-electron chi connectivity index (χ1n) is 7.75. The van der Waals surface area contributed by atoms with E-state index in [1.165, 1.54) is 32.1 Å². The van der Waals surface area contributed by atoms with E-state index >= 15 is 0 Å². The third-order valence-corrected chi connectivity index (χ3v) is 5.23. The van der Waals surface area contributed by atoms with Gasteiger partial charge in [-0.2, -0.15) is 0 Å². The molecule has 5 nitrogen and oxygen atoms in total. The van der Waals surface area contributed by atoms with Gasteiger partial charge in [-0.1, -0.05) is 32.1 Å². The zero-order chi connectivity index (χ0) is 14.2. The van der Waals surface area contributed by atoms with Crippen LogP contribution in [0.3, 0.4) is 0 Å². The molecule has 1 amide bonds. The molecule has 3 rings (SSSR count). The first-order chi connectivity index (χ1) is 9.62. The van der Waals surface area contributed by atoms with Gasteiger partial charge in [-0.05, 0) is 18.3 Å². The molecule has 1 aliphatic heterocycles. The van der Waals surface area contributed by atoms with Crippen LogP contribution in [0.4, 0.5) is 0 Å². The van der Waals surface area contributed by atoms with Crippen LogP contribution >= 0.6 is 0 Å². The van der Waals surface area contributed by atoms with Crippen LogP contribution in [0.5, 0.6) is 0 Å². The highest BCUT2D eigenvalue weighted by Crippen LogP contribution is 2.49. The molecule has 5 heteroatoms. The smallest absolute Gasteiger partial charge is 0.331 e. The van der Waals surface area contributed by atoms with Crippen LogP contribution in [0.25, 0.3) is 0 Å². The average molecular weight is 281 g/mol. The molecule has 3 fully saturated rings. The maximum Gasteiger partial charge on any atom is 0.331 e. The van der Waals surface area contributed by atoms with E-state index in [0.717, 1.165) is 6.42 Å². The molecule has 1 heterocycles. The number of rotatable bonds is 4. The normalized spacial score (nSPS) is 37.6. The summed E-state index contributed by atoms with van der Waals surface area (Å²) in [6.07, 6.45) is 7.66. The molecule has 2 saturated carbocycles. The molecule has 20 heavy (non-hydrogen) atoms. The van der Waals surface area contributed by atoms with Gasteiger partial charge in [0.2, 0.25) is 5.91 Å². The molecular weight excluding hydrogens is 258 g/mol. The van der Waals surface area contributed by atoms with Crippen molar-refractivity contribution in [3.63, 3.8) is 0 Å². The second-order valence-electron chi connectivity index (χ2n) is 6.58. The lowest BCUT2D eigenvalue weighted by atomic mass is 9.85. The number of carboxylic acids is 1. The molecule has 3 unspecified atom stereocenters. The lowest BCUT2D eigenvalue weighted by molar-refractivity contribution is -0.148. The Hall–Kier alpha value is -1.10. The van der Waals surface area contributed by atoms with Crippen molar-refractivity contribution in [2.45, 2.75) is 50.5 Å². The van der Waals surface area contributed by atoms with Gasteiger partial charge in [0.1, 0.15) is 0 Å². The highest BCUT2D eigenvalue weighted by atomic mass is 16.5. The summed E-state index contributed by atoms with van der Waals surface area (Å²) >= 11 is 0. The predicted molar refractivity (Wildman–Crippen MR) is 72.1 cm³/mol. The largest absolute Gasteiger partial charge is 0.479 e. The van der Waals surface area contributed by atoms with E-state index in [4.69, 9.17) is 4.74 Å². The van der Waals surface area contributed by atoms with Gasteiger partial charge in [-0.3, -0.25) is 4.79 Å². The Morgan fingerprint density at radius 2 is 1.95 bits per heavy atom. The Morgan fingerprint density at radius 1 is 1.20 bits per heavy atom. The molecule has 0 bridgehead atoms. The van der Waals surface area contributed by atoms with Crippen LogP contribution in [0.2, 0.25) is 0 Å². The number of carbonyl (C=O) groups is 2. The Morgan fingerprint density at radius 3 is 2.55 bits per heavy atom. The van der Waals surface area contributed by atoms with Crippen LogP contribution in [-0.2, 0) is 14.3 Å². The van der Waals surface area contributed by atoms with Crippen LogP contribution < -0.4 is 5.32 Å². The molecule has 112 valence electrons. The van der Waals surface area contributed by atoms with Crippen molar-refractivity contribution in [2.75, 3.05) is 13.2 Å². The molecule has 3 atom stereocenters. The summed E-state index contributed by atoms with van der Waals surface area (Å²) in [4.78, 5) is 23.7. The van der Waals surface area contributed by atoms with Crippen molar-refractivity contribution in [3.8, 4) is 0 Å². The van der Waals surface area contributed by atoms with Crippen molar-refractivity contribution >= 4 is 11.9 Å². The minimum Gasteiger partial charge on any atom is -0.479 e. The Balaban J connectivity index is 1.56. The molecule has 0 aromatic rings. The SMILES string of the molecule is O=C(NC1(C(=O)O)CCOC1)C1CC1C1CCCCC1. The zero-order valence-corrected chi connectivity index (χ0v) is 11.8. The van der Waals surface area contributed by atoms with E-state index in [2.05, 4.69) is 5.32 Å². The number of carboxylic acid groups (broad SMARTS) is 1. The number of carbonyl (C=O) groups excluding carboxylic acids is 1. The van der Waals surface area contributed by atoms with Crippen LogP contribution in [0.15, 0.2) is 0 Å². The van der Waals surface area contributed by atoms with E-state index in [9.17, 15) is 14.7 Å². The topological polar surface area (TPSA) is 75.6 Å². The summed E-state index contributed by atoms with van der Waals surface area (Å²) in [7, 11) is 0. The summed E-state index contributed by atoms with van der Waals surface area (Å²) in [6.45, 7) is 0.498. The second-order valence-corrected chi connectivity index (χ2v) is 6.58. The Kier molecular flexibility index (Phi) is 3.71. The highest BCUT2D eigenvalue weighted by molar-refractivity contribution is 5.89. The van der Waals surface area contributed by atoms with Gasteiger partial charge < -0.3 is 15.2 Å². The molecule has 0 aromatic heterocycles. The van der Waals surface area contributed by atoms with Gasteiger partial charge in [0, 0.05) is 18.9 Å². The number of amides is 1. The van der Waals surface area contributed by atoms with Crippen molar-refractivity contribution < 1.29 is 19.4 Å². The number of ether oxygens (including phenoxy) is 1. The minimum atomic E-state index is -1.18. The van der Waals surface area contributed by atoms with Crippen LogP contribution in [0, 0.1) is 17.8 Å². The fourth-order valence-electron chi connectivity index (χ4n) is 3.81. The van der Waals surface area contributed by atoms with Crippen molar-refractivity contribution in [1.29, 1.82) is 0 Å². The number of aliphatic carboxylic acids is 1. The quantitative estimate of drug-likeness (QED) is 0.820. The Bertz CT molecular complexity index is 397. The predicted octanol–water partition coefficient (Wildman–Crippen LogP) is 1.56. The van der Waals surface area contributed by atoms with Gasteiger partial charge in [0.25, 0.3) is 0 Å². The molecule has 1 saturated heterocycles. The number of hydrogen-bond acceptors (Lipinski definition) is 3. The molecule has 0 aromatic carbocycles. The number of nitrogens with one attached hydrogen (secondary N) is 1. The average Bonchev–Trinajstić information content (AvgIpc) is 3.12. The fourth-order valence-corrected chi connectivity index (χ4v) is 3.81. The van der Waals surface area contributed by atoms with Crippen LogP contribution in [0.1, 0.15) is 44.9 Å². The second kappa shape index (κ2) is 5.35. The zero-order valence-electron chi connectivity index (χ0n) is 11.8. The summed E-state index contributed by atoms with van der Waals surface area (Å²) in [5, 5.41) is 12.1. The van der Waals surface area contributed by atoms with Gasteiger partial charge in [-0.15, -0.1) is 0 Å². The van der Waals surface area contributed by atoms with Crippen LogP contribution in [-0.4, -0.2) is 35.7 Å². The lowest BCUT2D eigenvalue weighted by Crippen LogP contribution is -2.55. The van der Waals surface area contributed by atoms with E-state index in [0.29, 0.717) is 24.9 Å². The molecule has 3 aliphatic rings. The maximum atomic E-state index is 12.3. The minimum absolute atomic E-state index is 0.0370. The summed E-state index contributed by atoms with van der Waals surface area (Å²) < 4.78 is 5.17. The highest BCUT2D eigenvalue weighted by Gasteiger charge is 2.51. The first-order valence-corrected chi connectivity index (χ1v) is 7.75. The van der Waals surface area contributed by atoms with Crippen molar-refractivity contribution in [3.05, 3.63) is 0 Å². The van der Waals surface area contributed by atoms with E-state index < -0.39 is 11.5 Å². The number of hydrogen-bond donors (Lipinski definition) is 2.